The van der Waals surface area contributed by atoms with Crippen LogP contribution < -0.4 is 4.90 Å². The molecule has 0 aromatic carbocycles. The van der Waals surface area contributed by atoms with Crippen molar-refractivity contribution in [2.75, 3.05) is 31.1 Å². The zero-order valence-electron chi connectivity index (χ0n) is 12.2. The Labute approximate surface area is 120 Å². The van der Waals surface area contributed by atoms with Gasteiger partial charge in [0, 0.05) is 38.4 Å². The molecule has 2 fully saturated rings. The Bertz CT molecular complexity index is 523. The van der Waals surface area contributed by atoms with Crippen molar-refractivity contribution in [2.24, 2.45) is 11.8 Å². The second-order valence-corrected chi connectivity index (χ2v) is 6.18. The van der Waals surface area contributed by atoms with Crippen molar-refractivity contribution in [1.29, 1.82) is 5.26 Å². The summed E-state index contributed by atoms with van der Waals surface area (Å²) in [4.78, 5) is 13.5. The molecule has 20 heavy (non-hydrogen) atoms. The maximum atomic E-state index is 8.95. The van der Waals surface area contributed by atoms with Gasteiger partial charge in [-0.3, -0.25) is 4.90 Å². The summed E-state index contributed by atoms with van der Waals surface area (Å²) in [6.45, 7) is 8.75. The minimum Gasteiger partial charge on any atom is -0.339 e. The van der Waals surface area contributed by atoms with Crippen LogP contribution >= 0.6 is 0 Å². The summed E-state index contributed by atoms with van der Waals surface area (Å²) in [6.07, 6.45) is 3.02. The number of aromatic nitrogens is 2. The summed E-state index contributed by atoms with van der Waals surface area (Å²) >= 11 is 0. The van der Waals surface area contributed by atoms with Gasteiger partial charge in [-0.15, -0.1) is 0 Å². The molecule has 1 aliphatic heterocycles. The van der Waals surface area contributed by atoms with Crippen LogP contribution in [0.15, 0.2) is 12.3 Å². The normalized spacial score (nSPS) is 30.6. The van der Waals surface area contributed by atoms with Gasteiger partial charge >= 0.3 is 0 Å². The number of rotatable bonds is 2. The summed E-state index contributed by atoms with van der Waals surface area (Å²) in [5, 5.41) is 8.95. The molecular weight excluding hydrogens is 250 g/mol. The minimum absolute atomic E-state index is 0.444. The monoisotopic (exact) mass is 271 g/mol. The third kappa shape index (κ3) is 2.75. The van der Waals surface area contributed by atoms with Gasteiger partial charge in [0.15, 0.2) is 0 Å². The summed E-state index contributed by atoms with van der Waals surface area (Å²) in [5.74, 6) is 2.15. The van der Waals surface area contributed by atoms with Crippen molar-refractivity contribution in [1.82, 2.24) is 14.9 Å². The molecule has 5 nitrogen and oxygen atoms in total. The topological polar surface area (TPSA) is 56.1 Å². The molecule has 106 valence electrons. The third-order valence-corrected chi connectivity index (χ3v) is 4.31. The fourth-order valence-electron chi connectivity index (χ4n) is 3.12. The van der Waals surface area contributed by atoms with Gasteiger partial charge in [-0.05, 0) is 24.3 Å². The average Bonchev–Trinajstić information content (AvgIpc) is 3.21. The van der Waals surface area contributed by atoms with Gasteiger partial charge < -0.3 is 4.90 Å². The van der Waals surface area contributed by atoms with Crippen LogP contribution in [0, 0.1) is 23.2 Å². The average molecular weight is 271 g/mol. The maximum absolute atomic E-state index is 8.95. The first kappa shape index (κ1) is 13.3. The van der Waals surface area contributed by atoms with E-state index in [2.05, 4.69) is 39.7 Å². The fraction of sp³-hybridized carbons (Fsp3) is 0.667. The molecule has 1 aliphatic carbocycles. The first-order chi connectivity index (χ1) is 9.67. The summed E-state index contributed by atoms with van der Waals surface area (Å²) in [7, 11) is 0. The summed E-state index contributed by atoms with van der Waals surface area (Å²) < 4.78 is 0. The standard InChI is InChI=1S/C15H21N5/c1-11-9-19(14-7-12(14)2)5-6-20(10-11)15-17-4-3-13(8-16)18-15/h3-4,11-12,14H,5-7,9-10H2,1-2H3/t11-,12+,14-/m0/s1. The minimum atomic E-state index is 0.444. The zero-order valence-corrected chi connectivity index (χ0v) is 12.2. The van der Waals surface area contributed by atoms with Gasteiger partial charge in [-0.25, -0.2) is 9.97 Å². The Hall–Kier alpha value is -1.67. The Morgan fingerprint density at radius 2 is 2.10 bits per heavy atom. The molecule has 1 saturated heterocycles. The molecule has 1 aromatic heterocycles. The van der Waals surface area contributed by atoms with Crippen molar-refractivity contribution in [3.8, 4) is 6.07 Å². The molecule has 0 amide bonds. The third-order valence-electron chi connectivity index (χ3n) is 4.31. The van der Waals surface area contributed by atoms with Gasteiger partial charge in [-0.1, -0.05) is 13.8 Å². The maximum Gasteiger partial charge on any atom is 0.226 e. The van der Waals surface area contributed by atoms with Crippen molar-refractivity contribution < 1.29 is 0 Å². The van der Waals surface area contributed by atoms with Gasteiger partial charge in [0.05, 0.1) is 0 Å². The number of anilines is 1. The molecule has 0 spiro atoms. The Morgan fingerprint density at radius 3 is 2.80 bits per heavy atom. The molecule has 0 N–H and O–H groups in total. The zero-order chi connectivity index (χ0) is 14.1. The molecule has 1 aromatic rings. The van der Waals surface area contributed by atoms with E-state index in [1.165, 1.54) is 6.42 Å². The highest BCUT2D eigenvalue weighted by Crippen LogP contribution is 2.36. The first-order valence-electron chi connectivity index (χ1n) is 7.39. The smallest absolute Gasteiger partial charge is 0.226 e. The van der Waals surface area contributed by atoms with E-state index in [0.717, 1.165) is 38.1 Å². The molecule has 0 bridgehead atoms. The lowest BCUT2D eigenvalue weighted by atomic mass is 10.1. The Kier molecular flexibility index (Phi) is 3.58. The van der Waals surface area contributed by atoms with Crippen molar-refractivity contribution in [3.63, 3.8) is 0 Å². The van der Waals surface area contributed by atoms with E-state index in [1.807, 2.05) is 0 Å². The van der Waals surface area contributed by atoms with Crippen LogP contribution in [0.4, 0.5) is 5.95 Å². The molecule has 2 aliphatic rings. The molecule has 5 heteroatoms. The number of nitrogens with zero attached hydrogens (tertiary/aromatic N) is 5. The molecule has 3 atom stereocenters. The van der Waals surface area contributed by atoms with Crippen LogP contribution in [0.1, 0.15) is 26.0 Å². The highest BCUT2D eigenvalue weighted by molar-refractivity contribution is 5.34. The van der Waals surface area contributed by atoms with Crippen LogP contribution in [0.3, 0.4) is 0 Å². The van der Waals surface area contributed by atoms with Crippen LogP contribution in [0.5, 0.6) is 0 Å². The van der Waals surface area contributed by atoms with Crippen LogP contribution in [-0.4, -0.2) is 47.1 Å². The van der Waals surface area contributed by atoms with Gasteiger partial charge in [0.1, 0.15) is 11.8 Å². The van der Waals surface area contributed by atoms with Gasteiger partial charge in [0.25, 0.3) is 0 Å². The van der Waals surface area contributed by atoms with Gasteiger partial charge in [0.2, 0.25) is 5.95 Å². The molecule has 2 heterocycles. The van der Waals surface area contributed by atoms with Crippen molar-refractivity contribution >= 4 is 5.95 Å². The van der Waals surface area contributed by atoms with Crippen molar-refractivity contribution in [3.05, 3.63) is 18.0 Å². The van der Waals surface area contributed by atoms with E-state index in [1.54, 1.807) is 12.3 Å². The molecule has 3 rings (SSSR count). The summed E-state index contributed by atoms with van der Waals surface area (Å²) in [6, 6.07) is 4.52. The second kappa shape index (κ2) is 5.37. The number of nitriles is 1. The summed E-state index contributed by atoms with van der Waals surface area (Å²) in [5.41, 5.74) is 0.444. The molecule has 0 radical (unpaired) electrons. The molecule has 1 saturated carbocycles. The largest absolute Gasteiger partial charge is 0.339 e. The lowest BCUT2D eigenvalue weighted by molar-refractivity contribution is 0.246. The first-order valence-corrected chi connectivity index (χ1v) is 7.39. The molecule has 0 unspecified atom stereocenters. The lowest BCUT2D eigenvalue weighted by Crippen LogP contribution is -2.33. The van der Waals surface area contributed by atoms with E-state index in [0.29, 0.717) is 17.6 Å². The fourth-order valence-corrected chi connectivity index (χ4v) is 3.12. The predicted octanol–water partition coefficient (Wildman–Crippen LogP) is 1.51. The van der Waals surface area contributed by atoms with E-state index < -0.39 is 0 Å². The van der Waals surface area contributed by atoms with Crippen molar-refractivity contribution in [2.45, 2.75) is 26.3 Å². The van der Waals surface area contributed by atoms with Crippen LogP contribution in [0.25, 0.3) is 0 Å². The van der Waals surface area contributed by atoms with Crippen LogP contribution in [-0.2, 0) is 0 Å². The highest BCUT2D eigenvalue weighted by Gasteiger charge is 2.39. The van der Waals surface area contributed by atoms with E-state index >= 15 is 0 Å². The Morgan fingerprint density at radius 1 is 1.30 bits per heavy atom. The molecular formula is C15H21N5. The van der Waals surface area contributed by atoms with Crippen LogP contribution in [0.2, 0.25) is 0 Å². The number of hydrogen-bond donors (Lipinski definition) is 0. The van der Waals surface area contributed by atoms with E-state index in [-0.39, 0.29) is 0 Å². The highest BCUT2D eigenvalue weighted by atomic mass is 15.3. The number of hydrogen-bond acceptors (Lipinski definition) is 5. The second-order valence-electron chi connectivity index (χ2n) is 6.18. The van der Waals surface area contributed by atoms with E-state index in [9.17, 15) is 0 Å². The quantitative estimate of drug-likeness (QED) is 0.816. The Balaban J connectivity index is 1.72. The predicted molar refractivity (Wildman–Crippen MR) is 77.3 cm³/mol. The van der Waals surface area contributed by atoms with E-state index in [4.69, 9.17) is 5.26 Å². The van der Waals surface area contributed by atoms with Gasteiger partial charge in [-0.2, -0.15) is 5.26 Å². The lowest BCUT2D eigenvalue weighted by Gasteiger charge is -2.21. The SMILES string of the molecule is C[C@@H]1CN(c2nccc(C#N)n2)CCN([C@H]2C[C@H]2C)C1.